The first kappa shape index (κ1) is 13.8. The molecule has 5 nitrogen and oxygen atoms in total. The summed E-state index contributed by atoms with van der Waals surface area (Å²) in [5.74, 6) is -0.547. The third kappa shape index (κ3) is 3.22. The van der Waals surface area contributed by atoms with Crippen LogP contribution in [0, 0.1) is 0 Å². The molecule has 0 radical (unpaired) electrons. The summed E-state index contributed by atoms with van der Waals surface area (Å²) in [4.78, 5) is 44.7. The molecule has 0 spiro atoms. The molecule has 0 amide bonds. The molecule has 1 heterocycles. The molecule has 19 heavy (non-hydrogen) atoms. The van der Waals surface area contributed by atoms with Crippen LogP contribution in [0.1, 0.15) is 21.6 Å². The lowest BCUT2D eigenvalue weighted by Crippen LogP contribution is -2.16. The second-order valence-electron chi connectivity index (χ2n) is 4.03. The van der Waals surface area contributed by atoms with Crippen molar-refractivity contribution in [2.45, 2.75) is 5.66 Å². The molecule has 0 fully saturated rings. The van der Waals surface area contributed by atoms with E-state index in [0.717, 1.165) is 0 Å². The Morgan fingerprint density at radius 2 is 1.74 bits per heavy atom. The minimum absolute atomic E-state index is 0.275. The van der Waals surface area contributed by atoms with E-state index in [0.29, 0.717) is 5.56 Å². The SMILES string of the molecule is O=C(c1ccccc1)C(c1cccnc1)[P+](O)(O)O. The van der Waals surface area contributed by atoms with Gasteiger partial charge in [0.05, 0.1) is 0 Å². The molecule has 6 heteroatoms. The van der Waals surface area contributed by atoms with Gasteiger partial charge >= 0.3 is 7.94 Å². The van der Waals surface area contributed by atoms with Crippen LogP contribution in [-0.2, 0) is 0 Å². The lowest BCUT2D eigenvalue weighted by Gasteiger charge is -2.16. The second-order valence-corrected chi connectivity index (χ2v) is 5.78. The van der Waals surface area contributed by atoms with Gasteiger partial charge in [0.1, 0.15) is 0 Å². The quantitative estimate of drug-likeness (QED) is 0.585. The van der Waals surface area contributed by atoms with Crippen molar-refractivity contribution in [3.8, 4) is 0 Å². The van der Waals surface area contributed by atoms with Gasteiger partial charge in [-0.05, 0) is 6.07 Å². The van der Waals surface area contributed by atoms with Gasteiger partial charge in [-0.15, -0.1) is 0 Å². The molecule has 2 rings (SSSR count). The number of pyridine rings is 1. The molecule has 0 saturated carbocycles. The number of Topliss-reactive ketones (excluding diaryl/α,β-unsaturated/α-hetero) is 1. The first-order valence-electron chi connectivity index (χ1n) is 5.56. The average molecular weight is 278 g/mol. The van der Waals surface area contributed by atoms with Crippen LogP contribution in [0.2, 0.25) is 0 Å². The number of rotatable bonds is 4. The van der Waals surface area contributed by atoms with Crippen molar-refractivity contribution in [3.05, 3.63) is 66.0 Å². The predicted molar refractivity (Wildman–Crippen MR) is 71.3 cm³/mol. The fourth-order valence-corrected chi connectivity index (χ4v) is 2.82. The Kier molecular flexibility index (Phi) is 4.02. The van der Waals surface area contributed by atoms with Crippen molar-refractivity contribution in [2.75, 3.05) is 0 Å². The average Bonchev–Trinajstić information content (AvgIpc) is 2.39. The van der Waals surface area contributed by atoms with Crippen LogP contribution < -0.4 is 0 Å². The second kappa shape index (κ2) is 5.55. The van der Waals surface area contributed by atoms with Crippen LogP contribution in [-0.4, -0.2) is 25.4 Å². The van der Waals surface area contributed by atoms with Gasteiger partial charge in [-0.1, -0.05) is 36.4 Å². The summed E-state index contributed by atoms with van der Waals surface area (Å²) in [7, 11) is -4.36. The first-order chi connectivity index (χ1) is 9.00. The highest BCUT2D eigenvalue weighted by molar-refractivity contribution is 7.60. The van der Waals surface area contributed by atoms with Gasteiger partial charge in [-0.25, -0.2) is 0 Å². The van der Waals surface area contributed by atoms with E-state index in [1.54, 1.807) is 36.4 Å². The summed E-state index contributed by atoms with van der Waals surface area (Å²) in [5, 5.41) is 0. The normalized spacial score (nSPS) is 13.0. The number of carbonyl (C=O) groups excluding carboxylic acids is 1. The van der Waals surface area contributed by atoms with E-state index >= 15 is 0 Å². The van der Waals surface area contributed by atoms with E-state index in [-0.39, 0.29) is 5.56 Å². The number of carbonyl (C=O) groups is 1. The highest BCUT2D eigenvalue weighted by Gasteiger charge is 2.49. The van der Waals surface area contributed by atoms with E-state index in [1.807, 2.05) is 0 Å². The van der Waals surface area contributed by atoms with Gasteiger partial charge in [0, 0.05) is 23.5 Å². The zero-order valence-electron chi connectivity index (χ0n) is 9.92. The van der Waals surface area contributed by atoms with Crippen LogP contribution in [0.25, 0.3) is 0 Å². The number of nitrogens with zero attached hydrogens (tertiary/aromatic N) is 1. The molecule has 0 aliphatic rings. The van der Waals surface area contributed by atoms with Gasteiger partial charge in [-0.3, -0.25) is 9.78 Å². The fourth-order valence-electron chi connectivity index (χ4n) is 1.81. The van der Waals surface area contributed by atoms with Gasteiger partial charge in [0.15, 0.2) is 0 Å². The highest BCUT2D eigenvalue weighted by atomic mass is 31.2. The van der Waals surface area contributed by atoms with E-state index in [1.165, 1.54) is 18.5 Å². The van der Waals surface area contributed by atoms with Crippen LogP contribution in [0.3, 0.4) is 0 Å². The number of hydrogen-bond donors (Lipinski definition) is 3. The predicted octanol–water partition coefficient (Wildman–Crippen LogP) is 1.75. The third-order valence-corrected chi connectivity index (χ3v) is 3.88. The number of aromatic nitrogens is 1. The molecular formula is C13H13NO4P+. The maximum Gasteiger partial charge on any atom is 0.419 e. The van der Waals surface area contributed by atoms with Crippen LogP contribution >= 0.6 is 7.94 Å². The Hall–Kier alpha value is -1.65. The Morgan fingerprint density at radius 1 is 1.05 bits per heavy atom. The topological polar surface area (TPSA) is 90.7 Å². The monoisotopic (exact) mass is 278 g/mol. The maximum absolute atomic E-state index is 12.3. The molecule has 1 aromatic heterocycles. The van der Waals surface area contributed by atoms with E-state index in [4.69, 9.17) is 0 Å². The molecule has 3 N–H and O–H groups in total. The lowest BCUT2D eigenvalue weighted by atomic mass is 10.0. The summed E-state index contributed by atoms with van der Waals surface area (Å²) in [6.45, 7) is 0. The van der Waals surface area contributed by atoms with Crippen molar-refractivity contribution >= 4 is 13.7 Å². The minimum Gasteiger partial charge on any atom is -0.289 e. The van der Waals surface area contributed by atoms with E-state index in [2.05, 4.69) is 4.98 Å². The van der Waals surface area contributed by atoms with Gasteiger partial charge in [0.25, 0.3) is 0 Å². The molecule has 0 bridgehead atoms. The van der Waals surface area contributed by atoms with Crippen molar-refractivity contribution < 1.29 is 19.5 Å². The molecule has 1 aromatic carbocycles. The lowest BCUT2D eigenvalue weighted by molar-refractivity contribution is 0.0973. The number of ketones is 1. The fraction of sp³-hybridized carbons (Fsp3) is 0.0769. The van der Waals surface area contributed by atoms with Crippen LogP contribution in [0.15, 0.2) is 54.9 Å². The third-order valence-electron chi connectivity index (χ3n) is 2.65. The van der Waals surface area contributed by atoms with Crippen molar-refractivity contribution in [3.63, 3.8) is 0 Å². The van der Waals surface area contributed by atoms with Gasteiger partial charge in [0.2, 0.25) is 11.4 Å². The van der Waals surface area contributed by atoms with E-state index < -0.39 is 19.4 Å². The largest absolute Gasteiger partial charge is 0.419 e. The van der Waals surface area contributed by atoms with Crippen LogP contribution in [0.4, 0.5) is 0 Å². The number of benzene rings is 1. The molecule has 1 atom stereocenters. The zero-order chi connectivity index (χ0) is 13.9. The number of hydrogen-bond acceptors (Lipinski definition) is 5. The van der Waals surface area contributed by atoms with Crippen LogP contribution in [0.5, 0.6) is 0 Å². The van der Waals surface area contributed by atoms with Crippen molar-refractivity contribution in [1.29, 1.82) is 0 Å². The molecule has 1 unspecified atom stereocenters. The zero-order valence-corrected chi connectivity index (χ0v) is 10.8. The van der Waals surface area contributed by atoms with E-state index in [9.17, 15) is 19.5 Å². The maximum atomic E-state index is 12.3. The minimum atomic E-state index is -4.36. The Bertz CT molecular complexity index is 554. The first-order valence-corrected chi connectivity index (χ1v) is 7.28. The molecule has 2 aromatic rings. The Balaban J connectivity index is 2.43. The Morgan fingerprint density at radius 3 is 2.26 bits per heavy atom. The molecule has 0 aliphatic heterocycles. The summed E-state index contributed by atoms with van der Waals surface area (Å²) in [6, 6.07) is 11.3. The van der Waals surface area contributed by atoms with Crippen molar-refractivity contribution in [1.82, 2.24) is 4.98 Å². The smallest absolute Gasteiger partial charge is 0.289 e. The molecule has 0 saturated heterocycles. The summed E-state index contributed by atoms with van der Waals surface area (Å²) >= 11 is 0. The standard InChI is InChI=1S/C13H13NO4P/c15-12(10-5-2-1-3-6-10)13(19(16,17)18)11-7-4-8-14-9-11/h1-9,13,16-18H/q+1. The molecular weight excluding hydrogens is 265 g/mol. The summed E-state index contributed by atoms with van der Waals surface area (Å²) in [6.07, 6.45) is 2.84. The molecule has 0 aliphatic carbocycles. The highest BCUT2D eigenvalue weighted by Crippen LogP contribution is 2.60. The van der Waals surface area contributed by atoms with Gasteiger partial charge in [-0.2, -0.15) is 14.7 Å². The van der Waals surface area contributed by atoms with Crippen molar-refractivity contribution in [2.24, 2.45) is 0 Å². The van der Waals surface area contributed by atoms with Gasteiger partial charge < -0.3 is 0 Å². The summed E-state index contributed by atoms with van der Waals surface area (Å²) in [5.41, 5.74) is -0.821. The Labute approximate surface area is 110 Å². The summed E-state index contributed by atoms with van der Waals surface area (Å²) < 4.78 is 0. The molecule has 98 valence electrons.